The van der Waals surface area contributed by atoms with Crippen molar-refractivity contribution >= 4 is 29.3 Å². The number of nitrogens with two attached hydrogens (primary N) is 1. The van der Waals surface area contributed by atoms with Crippen LogP contribution in [0.3, 0.4) is 0 Å². The Bertz CT molecular complexity index is 652. The average Bonchev–Trinajstić information content (AvgIpc) is 2.82. The minimum atomic E-state index is -0.462. The summed E-state index contributed by atoms with van der Waals surface area (Å²) in [4.78, 5) is 12.3. The molecule has 0 radical (unpaired) electrons. The van der Waals surface area contributed by atoms with Crippen LogP contribution in [0.1, 0.15) is 51.0 Å². The van der Waals surface area contributed by atoms with Crippen LogP contribution < -0.4 is 11.1 Å². The van der Waals surface area contributed by atoms with Crippen molar-refractivity contribution in [1.29, 1.82) is 0 Å². The van der Waals surface area contributed by atoms with Crippen molar-refractivity contribution in [2.24, 2.45) is 11.7 Å². The molecule has 1 aromatic carbocycles. The molecule has 0 spiro atoms. The molecule has 2 rings (SSSR count). The van der Waals surface area contributed by atoms with Crippen molar-refractivity contribution in [3.8, 4) is 0 Å². The van der Waals surface area contributed by atoms with Gasteiger partial charge >= 0.3 is 0 Å². The van der Waals surface area contributed by atoms with Crippen molar-refractivity contribution in [1.82, 2.24) is 5.32 Å². The van der Waals surface area contributed by atoms with Gasteiger partial charge in [0.15, 0.2) is 0 Å². The number of aryl methyl sites for hydroxylation is 1. The molecule has 2 aromatic rings. The zero-order valence-corrected chi connectivity index (χ0v) is 15.1. The molecule has 128 valence electrons. The van der Waals surface area contributed by atoms with Crippen molar-refractivity contribution in [3.05, 3.63) is 35.6 Å². The van der Waals surface area contributed by atoms with Gasteiger partial charge in [0.05, 0.1) is 12.1 Å². The van der Waals surface area contributed by atoms with Gasteiger partial charge in [0, 0.05) is 10.9 Å². The second kappa shape index (κ2) is 8.37. The molecular formula is C18H27ClN2O2. The fourth-order valence-corrected chi connectivity index (χ4v) is 2.73. The number of hydrogen-bond donors (Lipinski definition) is 2. The van der Waals surface area contributed by atoms with Gasteiger partial charge in [-0.25, -0.2) is 0 Å². The molecule has 4 nitrogen and oxygen atoms in total. The monoisotopic (exact) mass is 338 g/mol. The zero-order valence-electron chi connectivity index (χ0n) is 14.3. The van der Waals surface area contributed by atoms with E-state index in [4.69, 9.17) is 10.2 Å². The molecule has 0 saturated heterocycles. The maximum Gasteiger partial charge on any atom is 0.237 e. The Kier molecular flexibility index (Phi) is 7.10. The molecule has 0 bridgehead atoms. The summed E-state index contributed by atoms with van der Waals surface area (Å²) in [5, 5.41) is 4.15. The first-order valence-corrected chi connectivity index (χ1v) is 7.99. The quantitative estimate of drug-likeness (QED) is 0.833. The van der Waals surface area contributed by atoms with Crippen LogP contribution >= 0.6 is 12.4 Å². The van der Waals surface area contributed by atoms with Gasteiger partial charge in [-0.1, -0.05) is 45.4 Å². The number of rotatable bonds is 6. The van der Waals surface area contributed by atoms with Gasteiger partial charge in [-0.3, -0.25) is 4.79 Å². The van der Waals surface area contributed by atoms with Gasteiger partial charge in [0.2, 0.25) is 5.91 Å². The molecule has 0 fully saturated rings. The summed E-state index contributed by atoms with van der Waals surface area (Å²) in [6.45, 7) is 8.21. The minimum Gasteiger partial charge on any atom is -0.459 e. The highest BCUT2D eigenvalue weighted by Gasteiger charge is 2.26. The van der Waals surface area contributed by atoms with Crippen LogP contribution in [-0.2, 0) is 4.79 Å². The van der Waals surface area contributed by atoms with E-state index in [0.717, 1.165) is 28.7 Å². The lowest BCUT2D eigenvalue weighted by atomic mass is 9.97. The molecular weight excluding hydrogens is 312 g/mol. The van der Waals surface area contributed by atoms with E-state index in [2.05, 4.69) is 19.2 Å². The number of hydrogen-bond acceptors (Lipinski definition) is 3. The molecule has 0 aliphatic heterocycles. The molecule has 0 saturated carbocycles. The van der Waals surface area contributed by atoms with Crippen molar-refractivity contribution in [3.63, 3.8) is 0 Å². The van der Waals surface area contributed by atoms with Gasteiger partial charge in [-0.15, -0.1) is 12.4 Å². The smallest absolute Gasteiger partial charge is 0.237 e. The number of carbonyl (C=O) groups excluding carboxylic acids is 1. The molecule has 2 unspecified atom stereocenters. The Hall–Kier alpha value is -1.52. The molecule has 2 atom stereocenters. The van der Waals surface area contributed by atoms with Gasteiger partial charge in [-0.05, 0) is 25.3 Å². The minimum absolute atomic E-state index is 0. The lowest BCUT2D eigenvalue weighted by molar-refractivity contribution is -0.123. The fourth-order valence-electron chi connectivity index (χ4n) is 2.73. The number of furan rings is 1. The SMILES string of the molecule is CCCC(N)C(=O)NC(c1oc2ccccc2c1C)C(C)C.Cl. The number of benzene rings is 1. The summed E-state index contributed by atoms with van der Waals surface area (Å²) in [6, 6.07) is 7.32. The third kappa shape index (κ3) is 4.27. The summed E-state index contributed by atoms with van der Waals surface area (Å²) in [5.74, 6) is 0.936. The Morgan fingerprint density at radius 3 is 2.52 bits per heavy atom. The number of carbonyl (C=O) groups is 1. The van der Waals surface area contributed by atoms with E-state index >= 15 is 0 Å². The summed E-state index contributed by atoms with van der Waals surface area (Å²) >= 11 is 0. The van der Waals surface area contributed by atoms with E-state index in [1.54, 1.807) is 0 Å². The van der Waals surface area contributed by atoms with Gasteiger partial charge < -0.3 is 15.5 Å². The van der Waals surface area contributed by atoms with Crippen molar-refractivity contribution in [2.75, 3.05) is 0 Å². The third-order valence-electron chi connectivity index (χ3n) is 4.06. The zero-order chi connectivity index (χ0) is 16.3. The molecule has 5 heteroatoms. The Morgan fingerprint density at radius 2 is 1.96 bits per heavy atom. The second-order valence-electron chi connectivity index (χ2n) is 6.21. The van der Waals surface area contributed by atoms with E-state index in [1.807, 2.05) is 38.1 Å². The fraction of sp³-hybridized carbons (Fsp3) is 0.500. The van der Waals surface area contributed by atoms with E-state index in [9.17, 15) is 4.79 Å². The van der Waals surface area contributed by atoms with E-state index in [0.29, 0.717) is 6.42 Å². The first kappa shape index (κ1) is 19.5. The average molecular weight is 339 g/mol. The molecule has 1 amide bonds. The molecule has 1 aromatic heterocycles. The van der Waals surface area contributed by atoms with Crippen LogP contribution in [0.25, 0.3) is 11.0 Å². The van der Waals surface area contributed by atoms with Crippen LogP contribution in [0.2, 0.25) is 0 Å². The van der Waals surface area contributed by atoms with Crippen LogP contribution in [-0.4, -0.2) is 11.9 Å². The van der Waals surface area contributed by atoms with Gasteiger partial charge in [0.25, 0.3) is 0 Å². The summed E-state index contributed by atoms with van der Waals surface area (Å²) < 4.78 is 6.01. The highest BCUT2D eigenvalue weighted by atomic mass is 35.5. The third-order valence-corrected chi connectivity index (χ3v) is 4.06. The second-order valence-corrected chi connectivity index (χ2v) is 6.21. The number of amides is 1. The topological polar surface area (TPSA) is 68.3 Å². The number of fused-ring (bicyclic) bond motifs is 1. The summed E-state index contributed by atoms with van der Waals surface area (Å²) in [7, 11) is 0. The van der Waals surface area contributed by atoms with Crippen molar-refractivity contribution in [2.45, 2.75) is 52.6 Å². The summed E-state index contributed by atoms with van der Waals surface area (Å²) in [6.07, 6.45) is 1.58. The van der Waals surface area contributed by atoms with Crippen LogP contribution in [0, 0.1) is 12.8 Å². The Labute approximate surface area is 144 Å². The number of nitrogens with one attached hydrogen (secondary N) is 1. The van der Waals surface area contributed by atoms with Crippen molar-refractivity contribution < 1.29 is 9.21 Å². The number of para-hydroxylation sites is 1. The van der Waals surface area contributed by atoms with Crippen LogP contribution in [0.5, 0.6) is 0 Å². The summed E-state index contributed by atoms with van der Waals surface area (Å²) in [5.41, 5.74) is 7.86. The predicted molar refractivity (Wildman–Crippen MR) is 96.8 cm³/mol. The molecule has 0 aliphatic carbocycles. The first-order chi connectivity index (χ1) is 10.5. The molecule has 1 heterocycles. The van der Waals surface area contributed by atoms with Gasteiger partial charge in [0.1, 0.15) is 11.3 Å². The molecule has 3 N–H and O–H groups in total. The standard InChI is InChI=1S/C18H26N2O2.ClH/c1-5-8-14(19)18(21)20-16(11(2)3)17-12(4)13-9-6-7-10-15(13)22-17;/h6-7,9-11,14,16H,5,8,19H2,1-4H3,(H,20,21);1H. The Balaban J connectivity index is 0.00000264. The molecule has 0 aliphatic rings. The largest absolute Gasteiger partial charge is 0.459 e. The predicted octanol–water partition coefficient (Wildman–Crippen LogP) is 4.10. The van der Waals surface area contributed by atoms with E-state index in [-0.39, 0.29) is 30.3 Å². The first-order valence-electron chi connectivity index (χ1n) is 7.99. The van der Waals surface area contributed by atoms with Gasteiger partial charge in [-0.2, -0.15) is 0 Å². The maximum atomic E-state index is 12.3. The highest BCUT2D eigenvalue weighted by Crippen LogP contribution is 2.32. The molecule has 23 heavy (non-hydrogen) atoms. The lowest BCUT2D eigenvalue weighted by Gasteiger charge is -2.23. The normalized spacial score (nSPS) is 13.7. The van der Waals surface area contributed by atoms with Crippen LogP contribution in [0.15, 0.2) is 28.7 Å². The van der Waals surface area contributed by atoms with E-state index in [1.165, 1.54) is 0 Å². The van der Waals surface area contributed by atoms with E-state index < -0.39 is 6.04 Å². The number of halogens is 1. The Morgan fingerprint density at radius 1 is 1.30 bits per heavy atom. The maximum absolute atomic E-state index is 12.3. The lowest BCUT2D eigenvalue weighted by Crippen LogP contribution is -2.43. The highest BCUT2D eigenvalue weighted by molar-refractivity contribution is 5.85. The van der Waals surface area contributed by atoms with Crippen LogP contribution in [0.4, 0.5) is 0 Å².